The Morgan fingerprint density at radius 3 is 2.18 bits per heavy atom. The molecule has 7 nitrogen and oxygen atoms in total. The molecule has 150 valence electrons. The van der Waals surface area contributed by atoms with Crippen LogP contribution in [0.2, 0.25) is 0 Å². The standard InChI is InChI=1S/C18H20F3N5O2/c19-18(20,21)14-1-2-22-12-13(14)15-11-16(25-3-7-27-8-4-25)24-17(23-15)26-5-9-28-10-6-26/h1-2,11-12H,3-10H2. The van der Waals surface area contributed by atoms with E-state index in [2.05, 4.69) is 15.0 Å². The van der Waals surface area contributed by atoms with Gasteiger partial charge in [0.2, 0.25) is 5.95 Å². The third-order valence-electron chi connectivity index (χ3n) is 4.73. The molecule has 10 heteroatoms. The molecule has 2 aromatic heterocycles. The summed E-state index contributed by atoms with van der Waals surface area (Å²) in [5.41, 5.74) is -0.609. The average Bonchev–Trinajstić information content (AvgIpc) is 2.74. The van der Waals surface area contributed by atoms with Gasteiger partial charge in [0.05, 0.1) is 37.7 Å². The van der Waals surface area contributed by atoms with Crippen LogP contribution >= 0.6 is 0 Å². The van der Waals surface area contributed by atoms with Crippen LogP contribution in [-0.4, -0.2) is 67.6 Å². The molecular weight excluding hydrogens is 375 g/mol. The second-order valence-corrected chi connectivity index (χ2v) is 6.53. The maximum atomic E-state index is 13.5. The van der Waals surface area contributed by atoms with Gasteiger partial charge in [0, 0.05) is 50.2 Å². The second-order valence-electron chi connectivity index (χ2n) is 6.53. The smallest absolute Gasteiger partial charge is 0.378 e. The molecule has 0 aliphatic carbocycles. The van der Waals surface area contributed by atoms with E-state index in [1.165, 1.54) is 6.20 Å². The van der Waals surface area contributed by atoms with E-state index in [0.29, 0.717) is 64.4 Å². The average molecular weight is 395 g/mol. The summed E-state index contributed by atoms with van der Waals surface area (Å²) < 4.78 is 51.3. The molecule has 28 heavy (non-hydrogen) atoms. The van der Waals surface area contributed by atoms with Crippen molar-refractivity contribution in [1.82, 2.24) is 15.0 Å². The van der Waals surface area contributed by atoms with E-state index in [1.807, 2.05) is 9.80 Å². The summed E-state index contributed by atoms with van der Waals surface area (Å²) in [6, 6.07) is 2.57. The molecule has 0 spiro atoms. The van der Waals surface area contributed by atoms with Crippen LogP contribution in [0.4, 0.5) is 24.9 Å². The molecule has 2 aliphatic rings. The number of morpholine rings is 2. The summed E-state index contributed by atoms with van der Waals surface area (Å²) in [5, 5.41) is 0. The first kappa shape index (κ1) is 18.9. The van der Waals surface area contributed by atoms with Crippen molar-refractivity contribution in [2.75, 3.05) is 62.4 Å². The molecule has 2 aliphatic heterocycles. The van der Waals surface area contributed by atoms with Gasteiger partial charge in [0.1, 0.15) is 5.82 Å². The Kier molecular flexibility index (Phi) is 5.31. The molecule has 0 N–H and O–H groups in total. The SMILES string of the molecule is FC(F)(F)c1ccncc1-c1cc(N2CCOCC2)nc(N2CCOCC2)n1. The molecule has 2 aromatic rings. The van der Waals surface area contributed by atoms with Gasteiger partial charge >= 0.3 is 6.18 Å². The van der Waals surface area contributed by atoms with Gasteiger partial charge < -0.3 is 19.3 Å². The number of alkyl halides is 3. The van der Waals surface area contributed by atoms with E-state index in [9.17, 15) is 13.2 Å². The van der Waals surface area contributed by atoms with Crippen molar-refractivity contribution < 1.29 is 22.6 Å². The highest BCUT2D eigenvalue weighted by Crippen LogP contribution is 2.37. The van der Waals surface area contributed by atoms with E-state index in [0.717, 1.165) is 12.3 Å². The lowest BCUT2D eigenvalue weighted by Gasteiger charge is -2.31. The lowest BCUT2D eigenvalue weighted by Crippen LogP contribution is -2.39. The molecule has 0 bridgehead atoms. The summed E-state index contributed by atoms with van der Waals surface area (Å²) in [6.45, 7) is 4.58. The highest BCUT2D eigenvalue weighted by atomic mass is 19.4. The fourth-order valence-corrected chi connectivity index (χ4v) is 3.26. The van der Waals surface area contributed by atoms with Gasteiger partial charge in [-0.15, -0.1) is 0 Å². The Morgan fingerprint density at radius 2 is 1.54 bits per heavy atom. The lowest BCUT2D eigenvalue weighted by molar-refractivity contribution is -0.137. The topological polar surface area (TPSA) is 63.6 Å². The zero-order valence-electron chi connectivity index (χ0n) is 15.2. The van der Waals surface area contributed by atoms with Gasteiger partial charge in [-0.05, 0) is 6.07 Å². The fourth-order valence-electron chi connectivity index (χ4n) is 3.26. The first-order valence-corrected chi connectivity index (χ1v) is 9.08. The Balaban J connectivity index is 1.80. The van der Waals surface area contributed by atoms with Crippen LogP contribution in [0.1, 0.15) is 5.56 Å². The van der Waals surface area contributed by atoms with Crippen molar-refractivity contribution >= 4 is 11.8 Å². The van der Waals surface area contributed by atoms with E-state index in [4.69, 9.17) is 9.47 Å². The summed E-state index contributed by atoms with van der Waals surface area (Å²) in [5.74, 6) is 0.992. The molecule has 4 rings (SSSR count). The van der Waals surface area contributed by atoms with Gasteiger partial charge in [0.25, 0.3) is 0 Å². The highest BCUT2D eigenvalue weighted by Gasteiger charge is 2.34. The maximum absolute atomic E-state index is 13.5. The first-order chi connectivity index (χ1) is 13.5. The van der Waals surface area contributed by atoms with Crippen molar-refractivity contribution in [3.8, 4) is 11.3 Å². The predicted molar refractivity (Wildman–Crippen MR) is 96.3 cm³/mol. The number of rotatable bonds is 3. The monoisotopic (exact) mass is 395 g/mol. The Hall–Kier alpha value is -2.46. The molecule has 0 atom stereocenters. The van der Waals surface area contributed by atoms with E-state index in [1.54, 1.807) is 6.07 Å². The number of hydrogen-bond donors (Lipinski definition) is 0. The van der Waals surface area contributed by atoms with Crippen molar-refractivity contribution in [1.29, 1.82) is 0 Å². The third kappa shape index (κ3) is 4.02. The normalized spacial score (nSPS) is 18.4. The van der Waals surface area contributed by atoms with Crippen LogP contribution in [0, 0.1) is 0 Å². The molecule has 2 fully saturated rings. The summed E-state index contributed by atoms with van der Waals surface area (Å²) >= 11 is 0. The zero-order valence-corrected chi connectivity index (χ0v) is 15.2. The molecule has 0 aromatic carbocycles. The van der Waals surface area contributed by atoms with Gasteiger partial charge in [-0.25, -0.2) is 4.98 Å². The molecule has 0 radical (unpaired) electrons. The predicted octanol–water partition coefficient (Wildman–Crippen LogP) is 2.23. The van der Waals surface area contributed by atoms with E-state index in [-0.39, 0.29) is 11.3 Å². The minimum Gasteiger partial charge on any atom is -0.378 e. The van der Waals surface area contributed by atoms with Crippen LogP contribution in [-0.2, 0) is 15.7 Å². The Bertz CT molecular complexity index is 785. The summed E-state index contributed by atoms with van der Waals surface area (Å²) in [4.78, 5) is 16.9. The van der Waals surface area contributed by atoms with Gasteiger partial charge in [-0.3, -0.25) is 4.98 Å². The van der Waals surface area contributed by atoms with Crippen LogP contribution in [0.5, 0.6) is 0 Å². The van der Waals surface area contributed by atoms with Crippen molar-refractivity contribution in [3.63, 3.8) is 0 Å². The van der Waals surface area contributed by atoms with Crippen LogP contribution in [0.15, 0.2) is 24.5 Å². The molecule has 0 unspecified atom stereocenters. The van der Waals surface area contributed by atoms with Crippen molar-refractivity contribution in [3.05, 3.63) is 30.1 Å². The maximum Gasteiger partial charge on any atom is 0.417 e. The lowest BCUT2D eigenvalue weighted by atomic mass is 10.1. The zero-order chi connectivity index (χ0) is 19.6. The van der Waals surface area contributed by atoms with Crippen LogP contribution in [0.25, 0.3) is 11.3 Å². The number of pyridine rings is 1. The molecule has 4 heterocycles. The van der Waals surface area contributed by atoms with Gasteiger partial charge in [-0.2, -0.15) is 18.2 Å². The number of halogens is 3. The fraction of sp³-hybridized carbons (Fsp3) is 0.500. The van der Waals surface area contributed by atoms with Crippen LogP contribution in [0.3, 0.4) is 0 Å². The minimum atomic E-state index is -4.50. The van der Waals surface area contributed by atoms with E-state index >= 15 is 0 Å². The van der Waals surface area contributed by atoms with E-state index < -0.39 is 11.7 Å². The van der Waals surface area contributed by atoms with Gasteiger partial charge in [-0.1, -0.05) is 0 Å². The molecule has 0 saturated carbocycles. The summed E-state index contributed by atoms with van der Waals surface area (Å²) in [7, 11) is 0. The molecule has 2 saturated heterocycles. The highest BCUT2D eigenvalue weighted by molar-refractivity contribution is 5.68. The number of anilines is 2. The summed E-state index contributed by atoms with van der Waals surface area (Å²) in [6.07, 6.45) is -2.15. The number of nitrogens with zero attached hydrogens (tertiary/aromatic N) is 5. The largest absolute Gasteiger partial charge is 0.417 e. The van der Waals surface area contributed by atoms with Crippen molar-refractivity contribution in [2.24, 2.45) is 0 Å². The van der Waals surface area contributed by atoms with Crippen molar-refractivity contribution in [2.45, 2.75) is 6.18 Å². The third-order valence-corrected chi connectivity index (χ3v) is 4.73. The van der Waals surface area contributed by atoms with Crippen LogP contribution < -0.4 is 9.80 Å². The first-order valence-electron chi connectivity index (χ1n) is 9.08. The number of hydrogen-bond acceptors (Lipinski definition) is 7. The quantitative estimate of drug-likeness (QED) is 0.790. The number of aromatic nitrogens is 3. The second kappa shape index (κ2) is 7.88. The molecular formula is C18H20F3N5O2. The molecule has 0 amide bonds. The minimum absolute atomic E-state index is 0.0542. The Labute approximate surface area is 160 Å². The Morgan fingerprint density at radius 1 is 0.893 bits per heavy atom. The van der Waals surface area contributed by atoms with Gasteiger partial charge in [0.15, 0.2) is 0 Å². The number of ether oxygens (including phenoxy) is 2.